The van der Waals surface area contributed by atoms with Crippen molar-refractivity contribution < 1.29 is 27.5 Å². The molecule has 1 atom stereocenters. The Morgan fingerprint density at radius 2 is 1.79 bits per heavy atom. The van der Waals surface area contributed by atoms with E-state index in [1.54, 1.807) is 19.1 Å². The number of nitrogens with one attached hydrogen (secondary N) is 1. The predicted molar refractivity (Wildman–Crippen MR) is 132 cm³/mol. The number of amides is 2. The molecule has 1 unspecified atom stereocenters. The Balaban J connectivity index is 1.91. The van der Waals surface area contributed by atoms with Crippen LogP contribution in [0.3, 0.4) is 0 Å². The lowest BCUT2D eigenvalue weighted by atomic mass is 10.1. The summed E-state index contributed by atoms with van der Waals surface area (Å²) in [5, 5.41) is 2.81. The zero-order valence-corrected chi connectivity index (χ0v) is 21.9. The van der Waals surface area contributed by atoms with Gasteiger partial charge in [-0.25, -0.2) is 8.42 Å². The van der Waals surface area contributed by atoms with Crippen molar-refractivity contribution in [3.8, 4) is 11.5 Å². The molecule has 0 bridgehead atoms. The summed E-state index contributed by atoms with van der Waals surface area (Å²) in [4.78, 5) is 27.6. The second-order valence-corrected chi connectivity index (χ2v) is 11.1. The standard InChI is InChI=1S/C23H28BrN3O6S/c1-15(2)25-23(29)16(3)26(12-17-6-5-7-18(24)10-17)22(28)13-27(34(4,30)31)19-8-9-20-21(11-19)33-14-32-20/h5-11,15-16H,12-14H2,1-4H3,(H,25,29). The van der Waals surface area contributed by atoms with Gasteiger partial charge in [0, 0.05) is 23.1 Å². The molecule has 9 nitrogen and oxygen atoms in total. The first kappa shape index (κ1) is 25.8. The van der Waals surface area contributed by atoms with E-state index < -0.39 is 28.5 Å². The molecule has 0 aromatic heterocycles. The van der Waals surface area contributed by atoms with Crippen molar-refractivity contribution in [1.82, 2.24) is 10.2 Å². The van der Waals surface area contributed by atoms with Gasteiger partial charge < -0.3 is 19.7 Å². The fourth-order valence-electron chi connectivity index (χ4n) is 3.47. The van der Waals surface area contributed by atoms with Gasteiger partial charge in [0.1, 0.15) is 12.6 Å². The minimum atomic E-state index is -3.83. The van der Waals surface area contributed by atoms with Gasteiger partial charge in [-0.15, -0.1) is 0 Å². The van der Waals surface area contributed by atoms with Gasteiger partial charge in [-0.3, -0.25) is 13.9 Å². The van der Waals surface area contributed by atoms with Gasteiger partial charge >= 0.3 is 0 Å². The summed E-state index contributed by atoms with van der Waals surface area (Å²) in [6.45, 7) is 4.97. The van der Waals surface area contributed by atoms with Crippen LogP contribution in [0.4, 0.5) is 5.69 Å². The highest BCUT2D eigenvalue weighted by molar-refractivity contribution is 9.10. The first-order chi connectivity index (χ1) is 16.0. The highest BCUT2D eigenvalue weighted by Crippen LogP contribution is 2.36. The lowest BCUT2D eigenvalue weighted by Crippen LogP contribution is -2.52. The predicted octanol–water partition coefficient (Wildman–Crippen LogP) is 2.89. The van der Waals surface area contributed by atoms with Crippen molar-refractivity contribution in [3.05, 3.63) is 52.5 Å². The fraction of sp³-hybridized carbons (Fsp3) is 0.391. The summed E-state index contributed by atoms with van der Waals surface area (Å²) < 4.78 is 37.8. The van der Waals surface area contributed by atoms with E-state index in [2.05, 4.69) is 21.2 Å². The number of halogens is 1. The molecule has 0 saturated carbocycles. The molecule has 3 rings (SSSR count). The fourth-order valence-corrected chi connectivity index (χ4v) is 4.76. The normalized spacial score (nSPS) is 13.5. The van der Waals surface area contributed by atoms with Gasteiger partial charge in [0.05, 0.1) is 11.9 Å². The molecule has 1 heterocycles. The van der Waals surface area contributed by atoms with Gasteiger partial charge in [0.15, 0.2) is 11.5 Å². The number of carbonyl (C=O) groups is 2. The number of fused-ring (bicyclic) bond motifs is 1. The van der Waals surface area contributed by atoms with E-state index in [0.717, 1.165) is 20.6 Å². The number of hydrogen-bond donors (Lipinski definition) is 1. The molecule has 1 aliphatic heterocycles. The van der Waals surface area contributed by atoms with Gasteiger partial charge in [-0.1, -0.05) is 28.1 Å². The SMILES string of the molecule is CC(C)NC(=O)C(C)N(Cc1cccc(Br)c1)C(=O)CN(c1ccc2c(c1)OCO2)S(C)(=O)=O. The smallest absolute Gasteiger partial charge is 0.244 e. The topological polar surface area (TPSA) is 105 Å². The van der Waals surface area contributed by atoms with Crippen molar-refractivity contribution in [2.45, 2.75) is 39.4 Å². The van der Waals surface area contributed by atoms with E-state index >= 15 is 0 Å². The highest BCUT2D eigenvalue weighted by atomic mass is 79.9. The monoisotopic (exact) mass is 553 g/mol. The second-order valence-electron chi connectivity index (χ2n) is 8.30. The van der Waals surface area contributed by atoms with E-state index in [0.29, 0.717) is 11.5 Å². The number of sulfonamides is 1. The first-order valence-electron chi connectivity index (χ1n) is 10.7. The van der Waals surface area contributed by atoms with Crippen LogP contribution in [0, 0.1) is 0 Å². The third kappa shape index (κ3) is 6.41. The Hall–Kier alpha value is -2.79. The molecule has 0 spiro atoms. The van der Waals surface area contributed by atoms with Crippen LogP contribution in [0.15, 0.2) is 46.9 Å². The molecule has 184 valence electrons. The van der Waals surface area contributed by atoms with Crippen LogP contribution < -0.4 is 19.1 Å². The third-order valence-corrected chi connectivity index (χ3v) is 6.80. The molecule has 2 amide bonds. The van der Waals surface area contributed by atoms with Crippen LogP contribution in [-0.2, 0) is 26.2 Å². The zero-order chi connectivity index (χ0) is 25.0. The number of carbonyl (C=O) groups excluding carboxylic acids is 2. The summed E-state index contributed by atoms with van der Waals surface area (Å²) >= 11 is 3.42. The Morgan fingerprint density at radius 3 is 2.44 bits per heavy atom. The maximum Gasteiger partial charge on any atom is 0.244 e. The van der Waals surface area contributed by atoms with Gasteiger partial charge in [0.25, 0.3) is 0 Å². The molecular formula is C23H28BrN3O6S. The Morgan fingerprint density at radius 1 is 1.09 bits per heavy atom. The van der Waals surface area contributed by atoms with Crippen molar-refractivity contribution in [2.24, 2.45) is 0 Å². The molecule has 1 N–H and O–H groups in total. The molecular weight excluding hydrogens is 526 g/mol. The molecule has 0 aliphatic carbocycles. The van der Waals surface area contributed by atoms with Crippen LogP contribution >= 0.6 is 15.9 Å². The summed E-state index contributed by atoms with van der Waals surface area (Å²) in [6, 6.07) is 11.1. The lowest BCUT2D eigenvalue weighted by molar-refractivity contribution is -0.139. The molecule has 34 heavy (non-hydrogen) atoms. The molecule has 2 aromatic carbocycles. The summed E-state index contributed by atoms with van der Waals surface area (Å²) in [6.07, 6.45) is 1.03. The Labute approximate surface area is 208 Å². The van der Waals surface area contributed by atoms with E-state index in [1.165, 1.54) is 11.0 Å². The first-order valence-corrected chi connectivity index (χ1v) is 13.3. The van der Waals surface area contributed by atoms with Gasteiger partial charge in [0.2, 0.25) is 28.6 Å². The number of ether oxygens (including phenoxy) is 2. The minimum absolute atomic E-state index is 0.0412. The van der Waals surface area contributed by atoms with E-state index in [9.17, 15) is 18.0 Å². The number of benzene rings is 2. The molecule has 1 aliphatic rings. The van der Waals surface area contributed by atoms with Crippen LogP contribution in [0.1, 0.15) is 26.3 Å². The van der Waals surface area contributed by atoms with Crippen molar-refractivity contribution in [2.75, 3.05) is 23.9 Å². The number of anilines is 1. The van der Waals surface area contributed by atoms with Crippen molar-refractivity contribution >= 4 is 43.5 Å². The summed E-state index contributed by atoms with van der Waals surface area (Å²) in [7, 11) is -3.83. The van der Waals surface area contributed by atoms with Crippen LogP contribution in [0.25, 0.3) is 0 Å². The lowest BCUT2D eigenvalue weighted by Gasteiger charge is -2.32. The average molecular weight is 554 g/mol. The van der Waals surface area contributed by atoms with E-state index in [-0.39, 0.29) is 31.0 Å². The number of nitrogens with zero attached hydrogens (tertiary/aromatic N) is 2. The highest BCUT2D eigenvalue weighted by Gasteiger charge is 2.31. The third-order valence-electron chi connectivity index (χ3n) is 5.16. The molecule has 2 aromatic rings. The molecule has 0 radical (unpaired) electrons. The quantitative estimate of drug-likeness (QED) is 0.511. The largest absolute Gasteiger partial charge is 0.454 e. The Bertz CT molecular complexity index is 1170. The van der Waals surface area contributed by atoms with Crippen LogP contribution in [-0.4, -0.2) is 56.8 Å². The summed E-state index contributed by atoms with van der Waals surface area (Å²) in [5.41, 5.74) is 1.06. The zero-order valence-electron chi connectivity index (χ0n) is 19.4. The maximum absolute atomic E-state index is 13.5. The Kier molecular flexibility index (Phi) is 8.09. The van der Waals surface area contributed by atoms with E-state index in [1.807, 2.05) is 38.1 Å². The van der Waals surface area contributed by atoms with Crippen LogP contribution in [0.2, 0.25) is 0 Å². The number of rotatable bonds is 9. The molecule has 11 heteroatoms. The van der Waals surface area contributed by atoms with Crippen molar-refractivity contribution in [3.63, 3.8) is 0 Å². The molecule has 0 saturated heterocycles. The number of hydrogen-bond acceptors (Lipinski definition) is 6. The second kappa shape index (κ2) is 10.6. The van der Waals surface area contributed by atoms with Crippen molar-refractivity contribution in [1.29, 1.82) is 0 Å². The van der Waals surface area contributed by atoms with Crippen LogP contribution in [0.5, 0.6) is 11.5 Å². The average Bonchev–Trinajstić information content (AvgIpc) is 3.21. The van der Waals surface area contributed by atoms with E-state index in [4.69, 9.17) is 9.47 Å². The maximum atomic E-state index is 13.5. The van der Waals surface area contributed by atoms with Gasteiger partial charge in [-0.05, 0) is 50.6 Å². The molecule has 0 fully saturated rings. The minimum Gasteiger partial charge on any atom is -0.454 e. The summed E-state index contributed by atoms with van der Waals surface area (Å²) in [5.74, 6) is 0.0508. The van der Waals surface area contributed by atoms with Gasteiger partial charge in [-0.2, -0.15) is 0 Å².